The van der Waals surface area contributed by atoms with Gasteiger partial charge < -0.3 is 43.4 Å². The van der Waals surface area contributed by atoms with E-state index in [4.69, 9.17) is 26.6 Å². The van der Waals surface area contributed by atoms with Crippen LogP contribution in [-0.4, -0.2) is 155 Å². The Bertz CT molecular complexity index is 3170. The lowest BCUT2D eigenvalue weighted by atomic mass is 10.1. The number of pyridine rings is 6. The van der Waals surface area contributed by atoms with Gasteiger partial charge in [-0.05, 0) is 202 Å². The fraction of sp³-hybridized carbons (Fsp3) is 0.339. The first-order valence-electron chi connectivity index (χ1n) is 24.9. The van der Waals surface area contributed by atoms with E-state index in [1.54, 1.807) is 57.2 Å². The van der Waals surface area contributed by atoms with Crippen LogP contribution in [0.15, 0.2) is 100 Å². The van der Waals surface area contributed by atoms with E-state index < -0.39 is 29.6 Å². The Morgan fingerprint density at radius 3 is 1.19 bits per heavy atom. The molecule has 0 aliphatic rings. The number of hydrogen-bond acceptors (Lipinski definition) is 22. The van der Waals surface area contributed by atoms with E-state index in [0.717, 1.165) is 57.9 Å². The average molecular weight is 1810 g/mol. The van der Waals surface area contributed by atoms with Gasteiger partial charge in [-0.15, -0.1) is 0 Å². The van der Waals surface area contributed by atoms with Crippen LogP contribution in [0.2, 0.25) is 5.15 Å². The van der Waals surface area contributed by atoms with Crippen molar-refractivity contribution in [1.82, 2.24) is 34.8 Å². The molecule has 0 aromatic carbocycles. The summed E-state index contributed by atoms with van der Waals surface area (Å²) in [6.45, 7) is 7.39. The van der Waals surface area contributed by atoms with E-state index in [9.17, 15) is 33.6 Å². The lowest BCUT2D eigenvalue weighted by molar-refractivity contribution is 0.0197. The molecule has 0 saturated heterocycles. The smallest absolute Gasteiger partial charge is 0.410 e. The van der Waals surface area contributed by atoms with Gasteiger partial charge in [0, 0.05) is 73.6 Å². The molecular weight excluding hydrogens is 1750 g/mol. The molecule has 1 amide bonds. The minimum Gasteiger partial charge on any atom is -0.465 e. The highest BCUT2D eigenvalue weighted by Crippen LogP contribution is 2.24. The van der Waals surface area contributed by atoms with Crippen molar-refractivity contribution >= 4 is 188 Å². The van der Waals surface area contributed by atoms with Crippen molar-refractivity contribution in [3.8, 4) is 0 Å². The number of carbonyl (C=O) groups is 7. The summed E-state index contributed by atoms with van der Waals surface area (Å²) < 4.78 is 37.8. The number of ether oxygens (including phenoxy) is 7. The summed E-state index contributed by atoms with van der Waals surface area (Å²) in [7, 11) is 7.96. The molecule has 0 atom stereocenters. The Morgan fingerprint density at radius 1 is 0.500 bits per heavy atom. The summed E-state index contributed by atoms with van der Waals surface area (Å²) >= 11 is 30.6. The maximum Gasteiger partial charge on any atom is 0.410 e. The summed E-state index contributed by atoms with van der Waals surface area (Å²) in [6.07, 6.45) is 10.6. The molecule has 0 fully saturated rings. The first-order chi connectivity index (χ1) is 41.5. The van der Waals surface area contributed by atoms with Crippen LogP contribution in [0.1, 0.15) is 119 Å². The summed E-state index contributed by atoms with van der Waals surface area (Å²) in [6, 6.07) is 9.89. The molecule has 6 rings (SSSR count). The minimum absolute atomic E-state index is 0.113. The van der Waals surface area contributed by atoms with Crippen LogP contribution in [-0.2, 0) is 51.5 Å². The Morgan fingerprint density at radius 2 is 0.852 bits per heavy atom. The molecule has 6 aromatic heterocycles. The maximum atomic E-state index is 12.2. The van der Waals surface area contributed by atoms with Gasteiger partial charge in [-0.1, -0.05) is 27.5 Å². The number of amides is 1. The number of rotatable bonds is 15. The number of aliphatic hydroxyl groups is 2. The molecule has 0 bridgehead atoms. The van der Waals surface area contributed by atoms with E-state index >= 15 is 0 Å². The molecule has 6 heterocycles. The monoisotopic (exact) mass is 1800 g/mol. The minimum atomic E-state index is -0.635. The molecule has 2 N–H and O–H groups in total. The van der Waals surface area contributed by atoms with Crippen LogP contribution in [0.3, 0.4) is 0 Å². The third kappa shape index (κ3) is 29.9. The Labute approximate surface area is 585 Å². The number of nitrogens with zero attached hydrogens (tertiary/aromatic N) is 7. The third-order valence-electron chi connectivity index (χ3n) is 10.2. The summed E-state index contributed by atoms with van der Waals surface area (Å²) in [4.78, 5) is 104. The van der Waals surface area contributed by atoms with Crippen LogP contribution < -0.4 is 0 Å². The first-order valence-corrected chi connectivity index (χ1v) is 32.3. The number of halogens is 9. The highest BCUT2D eigenvalue weighted by Gasteiger charge is 2.24. The van der Waals surface area contributed by atoms with Gasteiger partial charge in [0.15, 0.2) is 0 Å². The van der Waals surface area contributed by atoms with E-state index in [-0.39, 0.29) is 44.2 Å². The van der Waals surface area contributed by atoms with Gasteiger partial charge in [0.1, 0.15) is 14.5 Å². The molecule has 0 saturated carbocycles. The molecule has 23 nitrogen and oxygen atoms in total. The molecule has 478 valence electrons. The number of esters is 6. The maximum absolute atomic E-state index is 12.2. The van der Waals surface area contributed by atoms with Crippen LogP contribution in [0.5, 0.6) is 0 Å². The first kappa shape index (κ1) is 81.3. The van der Waals surface area contributed by atoms with Gasteiger partial charge in [-0.2, -0.15) is 0 Å². The molecular formula is C56H60Br7ClIN7O16. The number of carbonyl (C=O) groups excluding carboxylic acids is 7. The normalized spacial score (nSPS) is 10.1. The number of aliphatic hydroxyl groups excluding tert-OH is 2. The molecule has 0 unspecified atom stereocenters. The van der Waals surface area contributed by atoms with Gasteiger partial charge >= 0.3 is 41.9 Å². The highest BCUT2D eigenvalue weighted by atomic mass is 127. The zero-order valence-electron chi connectivity index (χ0n) is 48.7. The zero-order chi connectivity index (χ0) is 66.8. The lowest BCUT2D eigenvalue weighted by Gasteiger charge is -2.27. The summed E-state index contributed by atoms with van der Waals surface area (Å²) in [5, 5.41) is 18.8. The second-order valence-corrected chi connectivity index (χ2v) is 24.7. The lowest BCUT2D eigenvalue weighted by Crippen LogP contribution is -2.38. The molecule has 0 spiro atoms. The molecule has 32 heteroatoms. The van der Waals surface area contributed by atoms with E-state index in [1.807, 2.05) is 6.92 Å². The van der Waals surface area contributed by atoms with Crippen molar-refractivity contribution in [3.63, 3.8) is 0 Å². The number of aryl methyl sites for hydroxylation is 2. The Kier molecular flexibility index (Phi) is 39.8. The number of unbranched alkanes of at least 4 members (excludes halogenated alkanes) is 1. The molecule has 88 heavy (non-hydrogen) atoms. The average Bonchev–Trinajstić information content (AvgIpc) is 3.67. The SMILES string of the molecule is COC(=O)c1cnc(C)c(Br)c1.COC(=O)c1cnc(CBr)c(Br)c1.COC(=O)c1cnc(CCCCO)c(Br)c1.COC(=O)c1cnc(CN(CCO)C(=O)OC(C)(C)C)c(Br)c1.COC(=O)c1cnc(Cl)c(Br)c1.COC(=O)c1cnc(I)c(Br)c1. The van der Waals surface area contributed by atoms with Gasteiger partial charge in [0.25, 0.3) is 0 Å². The van der Waals surface area contributed by atoms with E-state index in [2.05, 4.69) is 192 Å². The van der Waals surface area contributed by atoms with Crippen LogP contribution in [0, 0.1) is 10.6 Å². The largest absolute Gasteiger partial charge is 0.465 e. The second-order valence-electron chi connectivity index (χ2n) is 17.6. The van der Waals surface area contributed by atoms with Crippen molar-refractivity contribution in [2.75, 3.05) is 62.4 Å². The van der Waals surface area contributed by atoms with Crippen LogP contribution in [0.25, 0.3) is 0 Å². The predicted molar refractivity (Wildman–Crippen MR) is 359 cm³/mol. The molecule has 6 aromatic rings. The second kappa shape index (κ2) is 43.1. The topological polar surface area (TPSA) is 305 Å². The summed E-state index contributed by atoms with van der Waals surface area (Å²) in [5.74, 6) is -2.45. The van der Waals surface area contributed by atoms with Gasteiger partial charge in [0.2, 0.25) is 0 Å². The van der Waals surface area contributed by atoms with Gasteiger partial charge in [-0.25, -0.2) is 43.5 Å². The Hall–Kier alpha value is -4.71. The molecule has 0 radical (unpaired) electrons. The number of methoxy groups -OCH3 is 6. The fourth-order valence-electron chi connectivity index (χ4n) is 5.79. The molecule has 0 aliphatic carbocycles. The zero-order valence-corrected chi connectivity index (χ0v) is 62.7. The van der Waals surface area contributed by atoms with Crippen molar-refractivity contribution in [3.05, 3.63) is 165 Å². The Balaban J connectivity index is 0.000000538. The fourth-order valence-corrected chi connectivity index (χ4v) is 9.57. The number of hydrogen-bond donors (Lipinski definition) is 2. The third-order valence-corrected chi connectivity index (χ3v) is 16.9. The van der Waals surface area contributed by atoms with Crippen molar-refractivity contribution in [1.29, 1.82) is 0 Å². The van der Waals surface area contributed by atoms with Gasteiger partial charge in [-0.3, -0.25) is 24.8 Å². The van der Waals surface area contributed by atoms with E-state index in [1.165, 1.54) is 84.7 Å². The number of alkyl halides is 1. The van der Waals surface area contributed by atoms with Gasteiger partial charge in [0.05, 0.1) is 121 Å². The van der Waals surface area contributed by atoms with Crippen LogP contribution in [0.4, 0.5) is 4.79 Å². The van der Waals surface area contributed by atoms with Crippen molar-refractivity contribution in [2.24, 2.45) is 0 Å². The standard InChI is InChI=1S/C15H21BrN2O5.C11H14BrNO3.C8H7Br2NO2.C8H8BrNO2.C7H5BrClNO2.C7H5BrINO2/c1-15(2,3)23-14(21)18(5-6-19)9-12-11(16)7-10(8-17-12)13(20)22-4;1-16-11(15)8-6-9(12)10(13-7-8)4-2-3-5-14;1-13-8(12)5-2-6(10)7(3-9)11-4-5;1-5-7(9)3-6(4-10-5)8(11)12-2;2*1-12-7(11)4-2-5(8)6(9)10-3-4/h7-8,19H,5-6,9H2,1-4H3;6-7,14H,2-5H2,1H3;2,4H,3H2,1H3;3-4H,1-2H3;2*2-3H,1H3. The van der Waals surface area contributed by atoms with Crippen LogP contribution >= 0.6 is 146 Å². The predicted octanol–water partition coefficient (Wildman–Crippen LogP) is 13.3. The molecule has 0 aliphatic heterocycles. The summed E-state index contributed by atoms with van der Waals surface area (Å²) in [5.41, 5.74) is 4.94. The quantitative estimate of drug-likeness (QED) is 0.0241. The van der Waals surface area contributed by atoms with E-state index in [0.29, 0.717) is 58.5 Å². The van der Waals surface area contributed by atoms with Crippen molar-refractivity contribution < 1.29 is 76.9 Å². The number of aromatic nitrogens is 6. The highest BCUT2D eigenvalue weighted by molar-refractivity contribution is 14.1. The van der Waals surface area contributed by atoms with Crippen molar-refractivity contribution in [2.45, 2.75) is 64.4 Å².